The topological polar surface area (TPSA) is 20.2 Å². The van der Waals surface area contributed by atoms with Crippen molar-refractivity contribution in [3.8, 4) is 0 Å². The summed E-state index contributed by atoms with van der Waals surface area (Å²) in [5.41, 5.74) is 2.74. The standard InChI is InChI=1S/C17H18BrFO/c1-11-4-5-12(2)15(8-11)17(3,20)10-13-9-14(19)6-7-16(13)18/h4-9,20H,10H2,1-3H3. The first kappa shape index (κ1) is 15.2. The summed E-state index contributed by atoms with van der Waals surface area (Å²) in [5, 5.41) is 10.8. The summed E-state index contributed by atoms with van der Waals surface area (Å²) in [6.45, 7) is 5.74. The minimum atomic E-state index is -1.04. The highest BCUT2D eigenvalue weighted by atomic mass is 79.9. The highest BCUT2D eigenvalue weighted by Crippen LogP contribution is 2.31. The maximum Gasteiger partial charge on any atom is 0.123 e. The van der Waals surface area contributed by atoms with Crippen molar-refractivity contribution in [2.75, 3.05) is 0 Å². The maximum absolute atomic E-state index is 13.4. The van der Waals surface area contributed by atoms with Gasteiger partial charge in [-0.15, -0.1) is 0 Å². The Balaban J connectivity index is 2.40. The molecule has 0 spiro atoms. The number of hydrogen-bond donors (Lipinski definition) is 1. The van der Waals surface area contributed by atoms with Crippen LogP contribution in [0.15, 0.2) is 40.9 Å². The molecule has 0 aromatic heterocycles. The van der Waals surface area contributed by atoms with Crippen molar-refractivity contribution in [3.05, 3.63) is 68.9 Å². The van der Waals surface area contributed by atoms with Crippen LogP contribution in [0, 0.1) is 19.7 Å². The number of hydrogen-bond acceptors (Lipinski definition) is 1. The van der Waals surface area contributed by atoms with Crippen LogP contribution < -0.4 is 0 Å². The average Bonchev–Trinajstić information content (AvgIpc) is 2.36. The van der Waals surface area contributed by atoms with Gasteiger partial charge < -0.3 is 5.11 Å². The lowest BCUT2D eigenvalue weighted by atomic mass is 9.85. The van der Waals surface area contributed by atoms with E-state index in [4.69, 9.17) is 0 Å². The van der Waals surface area contributed by atoms with E-state index >= 15 is 0 Å². The Hall–Kier alpha value is -1.19. The van der Waals surface area contributed by atoms with Gasteiger partial charge in [-0.25, -0.2) is 4.39 Å². The number of rotatable bonds is 3. The third-order valence-electron chi connectivity index (χ3n) is 3.52. The fraction of sp³-hybridized carbons (Fsp3) is 0.294. The van der Waals surface area contributed by atoms with E-state index in [1.165, 1.54) is 12.1 Å². The zero-order chi connectivity index (χ0) is 14.9. The van der Waals surface area contributed by atoms with Gasteiger partial charge in [0.25, 0.3) is 0 Å². The smallest absolute Gasteiger partial charge is 0.123 e. The summed E-state index contributed by atoms with van der Waals surface area (Å²) in [5.74, 6) is -0.292. The molecule has 20 heavy (non-hydrogen) atoms. The van der Waals surface area contributed by atoms with Crippen molar-refractivity contribution in [2.45, 2.75) is 32.8 Å². The van der Waals surface area contributed by atoms with Crippen LogP contribution in [-0.4, -0.2) is 5.11 Å². The molecule has 1 N–H and O–H groups in total. The summed E-state index contributed by atoms with van der Waals surface area (Å²) in [6, 6.07) is 10.5. The van der Waals surface area contributed by atoms with Gasteiger partial charge in [-0.3, -0.25) is 0 Å². The Morgan fingerprint density at radius 2 is 1.85 bits per heavy atom. The molecule has 0 aliphatic rings. The van der Waals surface area contributed by atoms with Crippen molar-refractivity contribution in [1.82, 2.24) is 0 Å². The van der Waals surface area contributed by atoms with E-state index in [1.807, 2.05) is 32.0 Å². The van der Waals surface area contributed by atoms with Gasteiger partial charge in [0.1, 0.15) is 5.82 Å². The molecule has 0 heterocycles. The summed E-state index contributed by atoms with van der Waals surface area (Å²) < 4.78 is 14.2. The quantitative estimate of drug-likeness (QED) is 0.864. The van der Waals surface area contributed by atoms with Crippen molar-refractivity contribution >= 4 is 15.9 Å². The van der Waals surface area contributed by atoms with Crippen LogP contribution in [0.2, 0.25) is 0 Å². The van der Waals surface area contributed by atoms with Crippen LogP contribution in [0.4, 0.5) is 4.39 Å². The first-order valence-corrected chi connectivity index (χ1v) is 7.33. The van der Waals surface area contributed by atoms with Crippen LogP contribution in [0.5, 0.6) is 0 Å². The van der Waals surface area contributed by atoms with Crippen molar-refractivity contribution in [2.24, 2.45) is 0 Å². The normalized spacial score (nSPS) is 14.1. The molecular formula is C17H18BrFO. The van der Waals surface area contributed by atoms with Crippen LogP contribution in [0.1, 0.15) is 29.2 Å². The average molecular weight is 337 g/mol. The Morgan fingerprint density at radius 3 is 2.55 bits per heavy atom. The number of aliphatic hydroxyl groups is 1. The number of halogens is 2. The van der Waals surface area contributed by atoms with Crippen LogP contribution >= 0.6 is 15.9 Å². The Morgan fingerprint density at radius 1 is 1.15 bits per heavy atom. The molecule has 0 saturated heterocycles. The van der Waals surface area contributed by atoms with Crippen molar-refractivity contribution in [3.63, 3.8) is 0 Å². The highest BCUT2D eigenvalue weighted by molar-refractivity contribution is 9.10. The van der Waals surface area contributed by atoms with Gasteiger partial charge in [0, 0.05) is 10.9 Å². The Kier molecular flexibility index (Phi) is 4.31. The number of benzene rings is 2. The van der Waals surface area contributed by atoms with E-state index in [9.17, 15) is 9.50 Å². The van der Waals surface area contributed by atoms with Gasteiger partial charge in [0.05, 0.1) is 5.60 Å². The maximum atomic E-state index is 13.4. The fourth-order valence-electron chi connectivity index (χ4n) is 2.46. The summed E-state index contributed by atoms with van der Waals surface area (Å²) in [6.07, 6.45) is 0.357. The summed E-state index contributed by atoms with van der Waals surface area (Å²) in [7, 11) is 0. The van der Waals surface area contributed by atoms with E-state index in [-0.39, 0.29) is 5.82 Å². The zero-order valence-electron chi connectivity index (χ0n) is 11.9. The number of aryl methyl sites for hydroxylation is 2. The van der Waals surface area contributed by atoms with E-state index < -0.39 is 5.60 Å². The molecule has 0 amide bonds. The minimum absolute atomic E-state index is 0.292. The summed E-state index contributed by atoms with van der Waals surface area (Å²) in [4.78, 5) is 0. The van der Waals surface area contributed by atoms with Gasteiger partial charge in [0.2, 0.25) is 0 Å². The van der Waals surface area contributed by atoms with Crippen molar-refractivity contribution in [1.29, 1.82) is 0 Å². The molecule has 0 aliphatic heterocycles. The molecule has 106 valence electrons. The fourth-order valence-corrected chi connectivity index (χ4v) is 2.85. The van der Waals surface area contributed by atoms with Crippen molar-refractivity contribution < 1.29 is 9.50 Å². The molecule has 0 bridgehead atoms. The lowest BCUT2D eigenvalue weighted by Crippen LogP contribution is -2.25. The Bertz CT molecular complexity index is 635. The zero-order valence-corrected chi connectivity index (χ0v) is 13.5. The van der Waals surface area contributed by atoms with E-state index in [0.717, 1.165) is 26.7 Å². The van der Waals surface area contributed by atoms with Gasteiger partial charge >= 0.3 is 0 Å². The molecule has 1 unspecified atom stereocenters. The third-order valence-corrected chi connectivity index (χ3v) is 4.29. The minimum Gasteiger partial charge on any atom is -0.385 e. The molecule has 0 saturated carbocycles. The Labute approximate surface area is 127 Å². The molecule has 1 nitrogen and oxygen atoms in total. The molecule has 0 radical (unpaired) electrons. The van der Waals surface area contributed by atoms with Crippen LogP contribution in [0.3, 0.4) is 0 Å². The molecule has 0 aliphatic carbocycles. The summed E-state index contributed by atoms with van der Waals surface area (Å²) >= 11 is 3.41. The SMILES string of the molecule is Cc1ccc(C)c(C(C)(O)Cc2cc(F)ccc2Br)c1. The highest BCUT2D eigenvalue weighted by Gasteiger charge is 2.26. The van der Waals surface area contributed by atoms with Gasteiger partial charge in [-0.05, 0) is 55.7 Å². The third kappa shape index (κ3) is 3.28. The molecule has 2 rings (SSSR count). The lowest BCUT2D eigenvalue weighted by Gasteiger charge is -2.27. The predicted octanol–water partition coefficient (Wildman–Crippen LogP) is 4.66. The van der Waals surface area contributed by atoms with E-state index in [0.29, 0.717) is 6.42 Å². The van der Waals surface area contributed by atoms with Gasteiger partial charge in [0.15, 0.2) is 0 Å². The lowest BCUT2D eigenvalue weighted by molar-refractivity contribution is 0.0567. The van der Waals surface area contributed by atoms with Crippen LogP contribution in [0.25, 0.3) is 0 Å². The molecule has 3 heteroatoms. The molecule has 0 fully saturated rings. The largest absolute Gasteiger partial charge is 0.385 e. The molecule has 2 aromatic carbocycles. The first-order valence-electron chi connectivity index (χ1n) is 6.53. The van der Waals surface area contributed by atoms with Crippen LogP contribution in [-0.2, 0) is 12.0 Å². The molecule has 2 aromatic rings. The second-order valence-electron chi connectivity index (χ2n) is 5.50. The first-order chi connectivity index (χ1) is 9.29. The van der Waals surface area contributed by atoms with E-state index in [1.54, 1.807) is 13.0 Å². The second-order valence-corrected chi connectivity index (χ2v) is 6.36. The van der Waals surface area contributed by atoms with Gasteiger partial charge in [-0.1, -0.05) is 39.7 Å². The monoisotopic (exact) mass is 336 g/mol. The van der Waals surface area contributed by atoms with Gasteiger partial charge in [-0.2, -0.15) is 0 Å². The predicted molar refractivity (Wildman–Crippen MR) is 83.3 cm³/mol. The molecule has 1 atom stereocenters. The second kappa shape index (κ2) is 5.66. The van der Waals surface area contributed by atoms with E-state index in [2.05, 4.69) is 15.9 Å². The molecular weight excluding hydrogens is 319 g/mol.